The zero-order valence-corrected chi connectivity index (χ0v) is 13.4. The molecule has 0 bridgehead atoms. The summed E-state index contributed by atoms with van der Waals surface area (Å²) in [5.74, 6) is 1.46. The molecular weight excluding hydrogens is 320 g/mol. The Morgan fingerprint density at radius 1 is 1.40 bits per heavy atom. The van der Waals surface area contributed by atoms with Gasteiger partial charge in [-0.25, -0.2) is 0 Å². The number of hydrogen-bond donors (Lipinski definition) is 1. The van der Waals surface area contributed by atoms with Crippen LogP contribution < -0.4 is 5.32 Å². The molecule has 1 fully saturated rings. The summed E-state index contributed by atoms with van der Waals surface area (Å²) in [6.45, 7) is 3.82. The van der Waals surface area contributed by atoms with E-state index >= 15 is 0 Å². The molecule has 2 atom stereocenters. The number of nitro benzene ring substituents is 1. The minimum atomic E-state index is -0.313. The standard InChI is InChI=1S/C15H21BrN2O2/c1-11-4-2-3-5-12(11)9-17-10-13-8-14(16)6-7-15(13)18(19)20/h6-8,11-12,17H,2-5,9-10H2,1H3. The van der Waals surface area contributed by atoms with Crippen molar-refractivity contribution >= 4 is 21.6 Å². The maximum atomic E-state index is 11.0. The summed E-state index contributed by atoms with van der Waals surface area (Å²) in [4.78, 5) is 10.7. The maximum Gasteiger partial charge on any atom is 0.273 e. The lowest BCUT2D eigenvalue weighted by molar-refractivity contribution is -0.385. The Hall–Kier alpha value is -0.940. The van der Waals surface area contributed by atoms with Crippen LogP contribution in [0.15, 0.2) is 22.7 Å². The summed E-state index contributed by atoms with van der Waals surface area (Å²) < 4.78 is 0.880. The normalized spacial score (nSPS) is 22.7. The highest BCUT2D eigenvalue weighted by Gasteiger charge is 2.21. The second kappa shape index (κ2) is 7.18. The minimum Gasteiger partial charge on any atom is -0.312 e. The molecule has 1 aromatic carbocycles. The number of nitrogens with one attached hydrogen (secondary N) is 1. The van der Waals surface area contributed by atoms with E-state index in [0.717, 1.165) is 22.5 Å². The van der Waals surface area contributed by atoms with Gasteiger partial charge in [0.15, 0.2) is 0 Å². The fraction of sp³-hybridized carbons (Fsp3) is 0.600. The molecule has 4 nitrogen and oxygen atoms in total. The van der Waals surface area contributed by atoms with Crippen LogP contribution in [0, 0.1) is 22.0 Å². The van der Waals surface area contributed by atoms with Crippen LogP contribution in [0.5, 0.6) is 0 Å². The molecule has 20 heavy (non-hydrogen) atoms. The van der Waals surface area contributed by atoms with Crippen molar-refractivity contribution in [1.29, 1.82) is 0 Å². The van der Waals surface area contributed by atoms with Crippen molar-refractivity contribution in [3.8, 4) is 0 Å². The fourth-order valence-electron chi connectivity index (χ4n) is 2.96. The van der Waals surface area contributed by atoms with Gasteiger partial charge in [0.25, 0.3) is 5.69 Å². The first-order valence-electron chi connectivity index (χ1n) is 7.21. The minimum absolute atomic E-state index is 0.192. The topological polar surface area (TPSA) is 55.2 Å². The molecule has 1 saturated carbocycles. The number of rotatable bonds is 5. The molecule has 0 amide bonds. The number of benzene rings is 1. The molecule has 0 aliphatic heterocycles. The summed E-state index contributed by atoms with van der Waals surface area (Å²) in [5, 5.41) is 14.4. The van der Waals surface area contributed by atoms with Crippen LogP contribution in [-0.4, -0.2) is 11.5 Å². The molecule has 0 spiro atoms. The van der Waals surface area contributed by atoms with Crippen molar-refractivity contribution in [2.75, 3.05) is 6.54 Å². The second-order valence-electron chi connectivity index (χ2n) is 5.68. The van der Waals surface area contributed by atoms with Gasteiger partial charge in [-0.1, -0.05) is 42.1 Å². The number of hydrogen-bond acceptors (Lipinski definition) is 3. The van der Waals surface area contributed by atoms with Gasteiger partial charge in [-0.05, 0) is 36.9 Å². The molecule has 1 N–H and O–H groups in total. The third-order valence-electron chi connectivity index (χ3n) is 4.25. The van der Waals surface area contributed by atoms with E-state index in [1.165, 1.54) is 25.7 Å². The molecule has 110 valence electrons. The van der Waals surface area contributed by atoms with Gasteiger partial charge in [0.2, 0.25) is 0 Å². The third kappa shape index (κ3) is 4.03. The van der Waals surface area contributed by atoms with E-state index in [9.17, 15) is 10.1 Å². The van der Waals surface area contributed by atoms with E-state index in [4.69, 9.17) is 0 Å². The maximum absolute atomic E-state index is 11.0. The lowest BCUT2D eigenvalue weighted by atomic mass is 9.80. The van der Waals surface area contributed by atoms with Crippen molar-refractivity contribution in [3.63, 3.8) is 0 Å². The number of nitrogens with zero attached hydrogens (tertiary/aromatic N) is 1. The van der Waals surface area contributed by atoms with Crippen molar-refractivity contribution in [1.82, 2.24) is 5.32 Å². The van der Waals surface area contributed by atoms with E-state index in [1.807, 2.05) is 6.07 Å². The summed E-state index contributed by atoms with van der Waals surface area (Å²) in [6.07, 6.45) is 5.24. The second-order valence-corrected chi connectivity index (χ2v) is 6.60. The van der Waals surface area contributed by atoms with Crippen molar-refractivity contribution in [2.24, 2.45) is 11.8 Å². The van der Waals surface area contributed by atoms with E-state index in [2.05, 4.69) is 28.2 Å². The van der Waals surface area contributed by atoms with Crippen LogP contribution in [0.25, 0.3) is 0 Å². The van der Waals surface area contributed by atoms with E-state index < -0.39 is 0 Å². The zero-order chi connectivity index (χ0) is 14.5. The summed E-state index contributed by atoms with van der Waals surface area (Å²) in [6, 6.07) is 5.10. The lowest BCUT2D eigenvalue weighted by Gasteiger charge is -2.28. The molecule has 0 radical (unpaired) electrons. The Bertz CT molecular complexity index is 479. The van der Waals surface area contributed by atoms with Gasteiger partial charge in [0.1, 0.15) is 0 Å². The first kappa shape index (κ1) is 15.4. The quantitative estimate of drug-likeness (QED) is 0.643. The van der Waals surface area contributed by atoms with Crippen LogP contribution in [0.2, 0.25) is 0 Å². The van der Waals surface area contributed by atoms with Crippen molar-refractivity contribution in [3.05, 3.63) is 38.3 Å². The predicted molar refractivity (Wildman–Crippen MR) is 83.6 cm³/mol. The molecule has 0 saturated heterocycles. The zero-order valence-electron chi connectivity index (χ0n) is 11.8. The van der Waals surface area contributed by atoms with Crippen LogP contribution in [0.1, 0.15) is 38.2 Å². The van der Waals surface area contributed by atoms with Gasteiger partial charge in [0, 0.05) is 22.6 Å². The predicted octanol–water partition coefficient (Wildman–Crippen LogP) is 4.27. The number of nitro groups is 1. The van der Waals surface area contributed by atoms with Gasteiger partial charge in [0.05, 0.1) is 4.92 Å². The molecule has 5 heteroatoms. The van der Waals surface area contributed by atoms with Crippen LogP contribution in [0.3, 0.4) is 0 Å². The first-order chi connectivity index (χ1) is 9.58. The molecule has 1 aliphatic rings. The monoisotopic (exact) mass is 340 g/mol. The van der Waals surface area contributed by atoms with E-state index in [0.29, 0.717) is 12.5 Å². The summed E-state index contributed by atoms with van der Waals surface area (Å²) in [5.41, 5.74) is 0.935. The molecule has 0 aromatic heterocycles. The first-order valence-corrected chi connectivity index (χ1v) is 8.00. The Morgan fingerprint density at radius 2 is 2.15 bits per heavy atom. The third-order valence-corrected chi connectivity index (χ3v) is 4.74. The van der Waals surface area contributed by atoms with Gasteiger partial charge in [-0.15, -0.1) is 0 Å². The SMILES string of the molecule is CC1CCCCC1CNCc1cc(Br)ccc1[N+](=O)[O-]. The van der Waals surface area contributed by atoms with Gasteiger partial charge in [-0.2, -0.15) is 0 Å². The highest BCUT2D eigenvalue weighted by Crippen LogP contribution is 2.29. The van der Waals surface area contributed by atoms with Gasteiger partial charge in [-0.3, -0.25) is 10.1 Å². The van der Waals surface area contributed by atoms with Crippen LogP contribution in [-0.2, 0) is 6.54 Å². The highest BCUT2D eigenvalue weighted by atomic mass is 79.9. The van der Waals surface area contributed by atoms with Crippen molar-refractivity contribution < 1.29 is 4.92 Å². The fourth-order valence-corrected chi connectivity index (χ4v) is 3.37. The Morgan fingerprint density at radius 3 is 2.85 bits per heavy atom. The smallest absolute Gasteiger partial charge is 0.273 e. The Labute approximate surface area is 128 Å². The van der Waals surface area contributed by atoms with Gasteiger partial charge >= 0.3 is 0 Å². The Balaban J connectivity index is 1.93. The summed E-state index contributed by atoms with van der Waals surface area (Å²) >= 11 is 3.37. The van der Waals surface area contributed by atoms with E-state index in [-0.39, 0.29) is 10.6 Å². The Kier molecular flexibility index (Phi) is 5.54. The average molecular weight is 341 g/mol. The summed E-state index contributed by atoms with van der Waals surface area (Å²) in [7, 11) is 0. The molecule has 2 rings (SSSR count). The van der Waals surface area contributed by atoms with E-state index in [1.54, 1.807) is 12.1 Å². The number of halogens is 1. The molecule has 1 aliphatic carbocycles. The molecule has 2 unspecified atom stereocenters. The van der Waals surface area contributed by atoms with Crippen LogP contribution in [0.4, 0.5) is 5.69 Å². The lowest BCUT2D eigenvalue weighted by Crippen LogP contribution is -2.29. The van der Waals surface area contributed by atoms with Crippen LogP contribution >= 0.6 is 15.9 Å². The van der Waals surface area contributed by atoms with Gasteiger partial charge < -0.3 is 5.32 Å². The molecule has 1 aromatic rings. The largest absolute Gasteiger partial charge is 0.312 e. The average Bonchev–Trinajstić information content (AvgIpc) is 2.41. The highest BCUT2D eigenvalue weighted by molar-refractivity contribution is 9.10. The molecule has 0 heterocycles. The molecular formula is C15H21BrN2O2. The van der Waals surface area contributed by atoms with Crippen molar-refractivity contribution in [2.45, 2.75) is 39.2 Å².